The molecule has 3 aromatic carbocycles. The maximum absolute atomic E-state index is 12.6. The highest BCUT2D eigenvalue weighted by Crippen LogP contribution is 2.35. The quantitative estimate of drug-likeness (QED) is 0.206. The summed E-state index contributed by atoms with van der Waals surface area (Å²) in [5.74, 6) is -0.236. The van der Waals surface area contributed by atoms with E-state index in [0.29, 0.717) is 11.3 Å². The van der Waals surface area contributed by atoms with Gasteiger partial charge in [-0.2, -0.15) is 0 Å². The van der Waals surface area contributed by atoms with Crippen LogP contribution in [0.1, 0.15) is 31.8 Å². The maximum Gasteiger partial charge on any atom is 0.343 e. The number of nitrogens with zero attached hydrogens (tertiary/aromatic N) is 1. The third-order valence-electron chi connectivity index (χ3n) is 4.64. The maximum atomic E-state index is 12.6. The molecule has 0 amide bonds. The SMILES string of the molecule is Cc1ccccc1/C=C1/Oc2cc(OC(=O)c3ccc([N+](=O)[O-])cc3)ccc2C1=O. The molecule has 4 rings (SSSR count). The first-order valence-electron chi connectivity index (χ1n) is 9.03. The molecule has 0 aromatic heterocycles. The largest absolute Gasteiger partial charge is 0.452 e. The normalized spacial score (nSPS) is 13.6. The second kappa shape index (κ2) is 7.63. The molecule has 3 aromatic rings. The number of carbonyl (C=O) groups is 2. The van der Waals surface area contributed by atoms with Crippen LogP contribution >= 0.6 is 0 Å². The van der Waals surface area contributed by atoms with Crippen LogP contribution in [0.4, 0.5) is 5.69 Å². The van der Waals surface area contributed by atoms with Gasteiger partial charge in [0.05, 0.1) is 16.1 Å². The predicted molar refractivity (Wildman–Crippen MR) is 109 cm³/mol. The number of hydrogen-bond donors (Lipinski definition) is 0. The molecule has 1 aliphatic heterocycles. The van der Waals surface area contributed by atoms with Gasteiger partial charge in [-0.15, -0.1) is 0 Å². The van der Waals surface area contributed by atoms with Crippen LogP contribution < -0.4 is 9.47 Å². The molecule has 1 heterocycles. The molecule has 0 radical (unpaired) electrons. The number of benzene rings is 3. The number of rotatable bonds is 4. The first-order chi connectivity index (χ1) is 14.4. The number of non-ortho nitro benzene ring substituents is 1. The van der Waals surface area contributed by atoms with Crippen molar-refractivity contribution in [3.63, 3.8) is 0 Å². The molecule has 0 saturated carbocycles. The fraction of sp³-hybridized carbons (Fsp3) is 0.0435. The van der Waals surface area contributed by atoms with E-state index in [2.05, 4.69) is 0 Å². The van der Waals surface area contributed by atoms with Crippen molar-refractivity contribution in [2.45, 2.75) is 6.92 Å². The van der Waals surface area contributed by atoms with Crippen LogP contribution in [0, 0.1) is 17.0 Å². The van der Waals surface area contributed by atoms with Crippen molar-refractivity contribution in [2.24, 2.45) is 0 Å². The topological polar surface area (TPSA) is 95.7 Å². The van der Waals surface area contributed by atoms with E-state index in [1.165, 1.54) is 42.5 Å². The van der Waals surface area contributed by atoms with E-state index in [9.17, 15) is 19.7 Å². The number of allylic oxidation sites excluding steroid dienone is 1. The Kier molecular flexibility index (Phi) is 4.85. The zero-order valence-electron chi connectivity index (χ0n) is 15.8. The molecule has 0 fully saturated rings. The molecule has 0 atom stereocenters. The van der Waals surface area contributed by atoms with Gasteiger partial charge in [0.1, 0.15) is 11.5 Å². The number of esters is 1. The van der Waals surface area contributed by atoms with Crippen LogP contribution in [0.5, 0.6) is 11.5 Å². The van der Waals surface area contributed by atoms with Gasteiger partial charge in [-0.05, 0) is 48.4 Å². The number of aryl methyl sites for hydroxylation is 1. The molecule has 30 heavy (non-hydrogen) atoms. The first-order valence-corrected chi connectivity index (χ1v) is 9.03. The van der Waals surface area contributed by atoms with E-state index < -0.39 is 10.9 Å². The van der Waals surface area contributed by atoms with Crippen molar-refractivity contribution in [3.8, 4) is 11.5 Å². The number of ether oxygens (including phenoxy) is 2. The standard InChI is InChI=1S/C23H15NO6/c1-14-4-2-3-5-16(14)12-21-22(25)19-11-10-18(13-20(19)30-21)29-23(26)15-6-8-17(9-7-15)24(27)28/h2-13H,1H3/b21-12+. The Balaban J connectivity index is 1.53. The second-order valence-electron chi connectivity index (χ2n) is 6.65. The Labute approximate surface area is 171 Å². The zero-order chi connectivity index (χ0) is 21.3. The lowest BCUT2D eigenvalue weighted by atomic mass is 10.1. The molecule has 0 aliphatic carbocycles. The highest BCUT2D eigenvalue weighted by Gasteiger charge is 2.28. The van der Waals surface area contributed by atoms with Crippen molar-refractivity contribution in [2.75, 3.05) is 0 Å². The summed E-state index contributed by atoms with van der Waals surface area (Å²) < 4.78 is 11.0. The molecule has 7 nitrogen and oxygen atoms in total. The summed E-state index contributed by atoms with van der Waals surface area (Å²) >= 11 is 0. The Morgan fingerprint density at radius 2 is 1.80 bits per heavy atom. The monoisotopic (exact) mass is 401 g/mol. The molecule has 7 heteroatoms. The van der Waals surface area contributed by atoms with Gasteiger partial charge in [-0.3, -0.25) is 14.9 Å². The summed E-state index contributed by atoms with van der Waals surface area (Å²) in [6.07, 6.45) is 1.68. The van der Waals surface area contributed by atoms with Crippen LogP contribution in [0.25, 0.3) is 6.08 Å². The van der Waals surface area contributed by atoms with Crippen molar-refractivity contribution in [1.82, 2.24) is 0 Å². The summed E-state index contributed by atoms with van der Waals surface area (Å²) in [5.41, 5.74) is 2.31. The van der Waals surface area contributed by atoms with Gasteiger partial charge < -0.3 is 9.47 Å². The lowest BCUT2D eigenvalue weighted by Crippen LogP contribution is -2.08. The summed E-state index contributed by atoms with van der Waals surface area (Å²) in [5, 5.41) is 10.7. The minimum Gasteiger partial charge on any atom is -0.452 e. The van der Waals surface area contributed by atoms with Gasteiger partial charge in [0.2, 0.25) is 5.78 Å². The zero-order valence-corrected chi connectivity index (χ0v) is 15.8. The number of fused-ring (bicyclic) bond motifs is 1. The average molecular weight is 401 g/mol. The average Bonchev–Trinajstić information content (AvgIpc) is 3.04. The predicted octanol–water partition coefficient (Wildman–Crippen LogP) is 4.74. The third-order valence-corrected chi connectivity index (χ3v) is 4.64. The van der Waals surface area contributed by atoms with Gasteiger partial charge >= 0.3 is 5.97 Å². The molecule has 148 valence electrons. The smallest absolute Gasteiger partial charge is 0.343 e. The van der Waals surface area contributed by atoms with Crippen molar-refractivity contribution < 1.29 is 24.0 Å². The Morgan fingerprint density at radius 1 is 1.07 bits per heavy atom. The van der Waals surface area contributed by atoms with E-state index in [0.717, 1.165) is 11.1 Å². The summed E-state index contributed by atoms with van der Waals surface area (Å²) in [6, 6.07) is 17.2. The molecule has 0 bridgehead atoms. The Bertz CT molecular complexity index is 1210. The van der Waals surface area contributed by atoms with E-state index in [-0.39, 0.29) is 28.5 Å². The van der Waals surface area contributed by atoms with E-state index in [1.54, 1.807) is 6.08 Å². The summed E-state index contributed by atoms with van der Waals surface area (Å²) in [4.78, 5) is 35.1. The molecule has 0 saturated heterocycles. The minimum atomic E-state index is -0.676. The van der Waals surface area contributed by atoms with Crippen molar-refractivity contribution in [1.29, 1.82) is 0 Å². The van der Waals surface area contributed by atoms with E-state index in [4.69, 9.17) is 9.47 Å². The highest BCUT2D eigenvalue weighted by molar-refractivity contribution is 6.14. The number of nitro benzene ring substituents is 1. The van der Waals surface area contributed by atoms with Gasteiger partial charge in [-0.1, -0.05) is 24.3 Å². The number of hydrogen-bond acceptors (Lipinski definition) is 6. The number of carbonyl (C=O) groups excluding carboxylic acids is 2. The fourth-order valence-electron chi connectivity index (χ4n) is 3.01. The van der Waals surface area contributed by atoms with Crippen molar-refractivity contribution in [3.05, 3.63) is 105 Å². The number of nitro groups is 1. The molecule has 0 N–H and O–H groups in total. The van der Waals surface area contributed by atoms with Gasteiger partial charge in [-0.25, -0.2) is 4.79 Å². The van der Waals surface area contributed by atoms with Crippen molar-refractivity contribution >= 4 is 23.5 Å². The van der Waals surface area contributed by atoms with E-state index in [1.807, 2.05) is 31.2 Å². The van der Waals surface area contributed by atoms with Crippen LogP contribution in [0.15, 0.2) is 72.5 Å². The van der Waals surface area contributed by atoms with Gasteiger partial charge in [0.15, 0.2) is 5.76 Å². The highest BCUT2D eigenvalue weighted by atomic mass is 16.6. The van der Waals surface area contributed by atoms with Crippen LogP contribution in [0.2, 0.25) is 0 Å². The number of Topliss-reactive ketones (excluding diaryl/α,β-unsaturated/α-hetero) is 1. The third kappa shape index (κ3) is 3.68. The lowest BCUT2D eigenvalue weighted by Gasteiger charge is -2.05. The van der Waals surface area contributed by atoms with E-state index >= 15 is 0 Å². The molecule has 0 unspecified atom stereocenters. The lowest BCUT2D eigenvalue weighted by molar-refractivity contribution is -0.384. The fourth-order valence-corrected chi connectivity index (χ4v) is 3.01. The number of ketones is 1. The Morgan fingerprint density at radius 3 is 2.50 bits per heavy atom. The van der Waals surface area contributed by atoms with Crippen LogP contribution in [0.3, 0.4) is 0 Å². The van der Waals surface area contributed by atoms with Gasteiger partial charge in [0, 0.05) is 18.2 Å². The van der Waals surface area contributed by atoms with Crippen LogP contribution in [-0.4, -0.2) is 16.7 Å². The van der Waals surface area contributed by atoms with Gasteiger partial charge in [0.25, 0.3) is 5.69 Å². The summed E-state index contributed by atoms with van der Waals surface area (Å²) in [6.45, 7) is 1.94. The molecule has 0 spiro atoms. The summed E-state index contributed by atoms with van der Waals surface area (Å²) in [7, 11) is 0. The molecular weight excluding hydrogens is 386 g/mol. The minimum absolute atomic E-state index is 0.121. The Hall–Kier alpha value is -4.26. The molecule has 1 aliphatic rings. The second-order valence-corrected chi connectivity index (χ2v) is 6.65. The van der Waals surface area contributed by atoms with Crippen LogP contribution in [-0.2, 0) is 0 Å². The first kappa shape index (κ1) is 19.1. The molecular formula is C23H15NO6.